The van der Waals surface area contributed by atoms with Gasteiger partial charge in [0.2, 0.25) is 0 Å². The van der Waals surface area contributed by atoms with E-state index in [0.717, 1.165) is 32.1 Å². The van der Waals surface area contributed by atoms with Crippen LogP contribution in [0.5, 0.6) is 5.75 Å². The number of pyridine rings is 1. The number of halogens is 3. The summed E-state index contributed by atoms with van der Waals surface area (Å²) in [5.41, 5.74) is 6.58. The molecule has 3 fully saturated rings. The molecule has 7 nitrogen and oxygen atoms in total. The van der Waals surface area contributed by atoms with Crippen molar-refractivity contribution in [2.24, 2.45) is 11.8 Å². The van der Waals surface area contributed by atoms with E-state index in [9.17, 15) is 13.2 Å². The number of hydrogen-bond acceptors (Lipinski definition) is 6. The van der Waals surface area contributed by atoms with Crippen LogP contribution in [0.3, 0.4) is 0 Å². The molecule has 2 aromatic rings. The zero-order valence-electron chi connectivity index (χ0n) is 16.8. The molecule has 0 amide bonds. The predicted octanol–water partition coefficient (Wildman–Crippen LogP) is 3.05. The first-order valence-electron chi connectivity index (χ1n) is 10.1. The second-order valence-corrected chi connectivity index (χ2v) is 8.66. The van der Waals surface area contributed by atoms with Gasteiger partial charge in [-0.2, -0.15) is 0 Å². The zero-order chi connectivity index (χ0) is 21.2. The van der Waals surface area contributed by atoms with E-state index in [1.807, 2.05) is 6.20 Å². The van der Waals surface area contributed by atoms with Gasteiger partial charge < -0.3 is 19.8 Å². The van der Waals surface area contributed by atoms with Crippen molar-refractivity contribution in [1.29, 1.82) is 0 Å². The van der Waals surface area contributed by atoms with Gasteiger partial charge in [0.15, 0.2) is 11.6 Å². The molecular weight excluding hydrogens is 399 g/mol. The molecule has 2 aliphatic heterocycles. The maximum Gasteiger partial charge on any atom is 0.573 e. The maximum absolute atomic E-state index is 12.7. The molecule has 0 unspecified atom stereocenters. The molecule has 0 aromatic carbocycles. The summed E-state index contributed by atoms with van der Waals surface area (Å²) >= 11 is 0. The number of nitrogen functional groups attached to an aromatic ring is 1. The lowest BCUT2D eigenvalue weighted by Gasteiger charge is -2.36. The van der Waals surface area contributed by atoms with Crippen molar-refractivity contribution < 1.29 is 22.6 Å². The van der Waals surface area contributed by atoms with Crippen LogP contribution in [-0.4, -0.2) is 58.1 Å². The summed E-state index contributed by atoms with van der Waals surface area (Å²) in [6.07, 6.45) is -1.47. The number of ether oxygens (including phenoxy) is 2. The monoisotopic (exact) mass is 423 g/mol. The molecule has 10 heteroatoms. The van der Waals surface area contributed by atoms with E-state index >= 15 is 0 Å². The molecule has 4 heterocycles. The summed E-state index contributed by atoms with van der Waals surface area (Å²) in [6.45, 7) is 7.89. The van der Waals surface area contributed by atoms with Crippen molar-refractivity contribution in [3.63, 3.8) is 0 Å². The van der Waals surface area contributed by atoms with Crippen molar-refractivity contribution in [3.8, 4) is 17.0 Å². The topological polar surface area (TPSA) is 78.4 Å². The molecule has 30 heavy (non-hydrogen) atoms. The van der Waals surface area contributed by atoms with Crippen LogP contribution < -0.4 is 10.5 Å². The van der Waals surface area contributed by atoms with Gasteiger partial charge in [-0.25, -0.2) is 9.97 Å². The van der Waals surface area contributed by atoms with Gasteiger partial charge in [0.05, 0.1) is 24.9 Å². The highest BCUT2D eigenvalue weighted by Crippen LogP contribution is 2.57. The predicted molar refractivity (Wildman–Crippen MR) is 103 cm³/mol. The Bertz CT molecular complexity index is 944. The van der Waals surface area contributed by atoms with Gasteiger partial charge in [0.25, 0.3) is 0 Å². The summed E-state index contributed by atoms with van der Waals surface area (Å²) < 4.78 is 49.5. The molecule has 1 aliphatic carbocycles. The molecule has 2 saturated heterocycles. The Morgan fingerprint density at radius 1 is 1.23 bits per heavy atom. The van der Waals surface area contributed by atoms with E-state index in [4.69, 9.17) is 15.5 Å². The molecule has 162 valence electrons. The number of aromatic nitrogens is 3. The van der Waals surface area contributed by atoms with Crippen molar-refractivity contribution in [2.45, 2.75) is 38.2 Å². The Hall–Kier alpha value is -2.33. The molecule has 2 N–H and O–H groups in total. The lowest BCUT2D eigenvalue weighted by atomic mass is 10.2. The minimum atomic E-state index is -4.83. The third kappa shape index (κ3) is 3.41. The Morgan fingerprint density at radius 2 is 1.93 bits per heavy atom. The minimum absolute atomic E-state index is 0.184. The maximum atomic E-state index is 12.7. The van der Waals surface area contributed by atoms with Crippen LogP contribution in [0, 0.1) is 11.8 Å². The molecule has 0 radical (unpaired) electrons. The number of nitrogens with zero attached hydrogens (tertiary/aromatic N) is 4. The fourth-order valence-corrected chi connectivity index (χ4v) is 4.69. The van der Waals surface area contributed by atoms with E-state index in [0.29, 0.717) is 35.2 Å². The number of piperidine rings is 1. The number of alkyl halides is 3. The van der Waals surface area contributed by atoms with Crippen LogP contribution in [0.15, 0.2) is 18.5 Å². The second kappa shape index (κ2) is 6.84. The van der Waals surface area contributed by atoms with Crippen LogP contribution in [0.25, 0.3) is 11.3 Å². The number of imidazole rings is 1. The number of nitrogens with two attached hydrogens (primary N) is 1. The SMILES string of the molecule is CC(C)c1nc(-c2cnc(N)c(OC(F)(F)F)c2)cn1[C@H]1[C@@H]2CN(C3COC3)C[C@@H]21. The van der Waals surface area contributed by atoms with E-state index in [2.05, 4.69) is 33.0 Å². The van der Waals surface area contributed by atoms with Crippen molar-refractivity contribution >= 4 is 5.82 Å². The smallest absolute Gasteiger partial charge is 0.402 e. The largest absolute Gasteiger partial charge is 0.573 e. The average Bonchev–Trinajstić information content (AvgIpc) is 2.97. The molecule has 3 atom stereocenters. The highest BCUT2D eigenvalue weighted by atomic mass is 19.4. The van der Waals surface area contributed by atoms with Crippen LogP contribution in [-0.2, 0) is 4.74 Å². The van der Waals surface area contributed by atoms with Crippen molar-refractivity contribution in [2.75, 3.05) is 32.0 Å². The van der Waals surface area contributed by atoms with Crippen LogP contribution in [0.1, 0.15) is 31.6 Å². The van der Waals surface area contributed by atoms with Crippen LogP contribution in [0.2, 0.25) is 0 Å². The van der Waals surface area contributed by atoms with E-state index in [1.165, 1.54) is 12.3 Å². The standard InChI is InChI=1S/C20H24F3N5O2/c1-10(2)19-26-15(11-3-16(18(24)25-4-11)30-20(21,22)23)7-28(19)17-13-5-27(6-14(13)17)12-8-29-9-12/h3-4,7,10,12-14,17H,5-6,8-9H2,1-2H3,(H2,24,25)/t13-,14+,17+. The molecule has 5 rings (SSSR count). The van der Waals surface area contributed by atoms with E-state index < -0.39 is 12.1 Å². The first-order valence-corrected chi connectivity index (χ1v) is 10.1. The van der Waals surface area contributed by atoms with Gasteiger partial charge in [-0.1, -0.05) is 13.8 Å². The highest BCUT2D eigenvalue weighted by molar-refractivity contribution is 5.64. The number of anilines is 1. The number of rotatable bonds is 5. The van der Waals surface area contributed by atoms with Gasteiger partial charge in [-0.3, -0.25) is 4.90 Å². The third-order valence-electron chi connectivity index (χ3n) is 6.32. The number of hydrogen-bond donors (Lipinski definition) is 1. The Balaban J connectivity index is 1.40. The summed E-state index contributed by atoms with van der Waals surface area (Å²) in [7, 11) is 0. The zero-order valence-corrected chi connectivity index (χ0v) is 16.8. The quantitative estimate of drug-likeness (QED) is 0.797. The van der Waals surface area contributed by atoms with Crippen molar-refractivity contribution in [3.05, 3.63) is 24.3 Å². The third-order valence-corrected chi connectivity index (χ3v) is 6.32. The van der Waals surface area contributed by atoms with E-state index in [1.54, 1.807) is 0 Å². The molecule has 0 bridgehead atoms. The first-order chi connectivity index (χ1) is 14.2. The molecular formula is C20H24F3N5O2. The van der Waals surface area contributed by atoms with Crippen LogP contribution >= 0.6 is 0 Å². The molecule has 0 spiro atoms. The lowest BCUT2D eigenvalue weighted by Crippen LogP contribution is -2.49. The Morgan fingerprint density at radius 3 is 2.50 bits per heavy atom. The average molecular weight is 423 g/mol. The van der Waals surface area contributed by atoms with Crippen molar-refractivity contribution in [1.82, 2.24) is 19.4 Å². The summed E-state index contributed by atoms with van der Waals surface area (Å²) in [5, 5.41) is 0. The Kier molecular flexibility index (Phi) is 4.48. The van der Waals surface area contributed by atoms with Gasteiger partial charge in [0.1, 0.15) is 5.82 Å². The molecule has 2 aromatic heterocycles. The summed E-state index contributed by atoms with van der Waals surface area (Å²) in [5.74, 6) is 1.46. The van der Waals surface area contributed by atoms with Gasteiger partial charge in [0, 0.05) is 43.0 Å². The fourth-order valence-electron chi connectivity index (χ4n) is 4.69. The highest BCUT2D eigenvalue weighted by Gasteiger charge is 2.58. The minimum Gasteiger partial charge on any atom is -0.402 e. The number of likely N-dealkylation sites (tertiary alicyclic amines) is 1. The molecule has 1 saturated carbocycles. The summed E-state index contributed by atoms with van der Waals surface area (Å²) in [6, 6.07) is 2.18. The first kappa shape index (κ1) is 19.6. The number of fused-ring (bicyclic) bond motifs is 1. The normalized spacial score (nSPS) is 26.7. The second-order valence-electron chi connectivity index (χ2n) is 8.66. The van der Waals surface area contributed by atoms with Gasteiger partial charge in [-0.05, 0) is 17.9 Å². The Labute approximate surface area is 172 Å². The lowest BCUT2D eigenvalue weighted by molar-refractivity contribution is -0.274. The summed E-state index contributed by atoms with van der Waals surface area (Å²) in [4.78, 5) is 11.1. The molecule has 3 aliphatic rings. The van der Waals surface area contributed by atoms with E-state index in [-0.39, 0.29) is 11.7 Å². The van der Waals surface area contributed by atoms with Crippen LogP contribution in [0.4, 0.5) is 19.0 Å². The van der Waals surface area contributed by atoms with Gasteiger partial charge >= 0.3 is 6.36 Å². The fraction of sp³-hybridized carbons (Fsp3) is 0.600. The van der Waals surface area contributed by atoms with Gasteiger partial charge in [-0.15, -0.1) is 13.2 Å².